The van der Waals surface area contributed by atoms with E-state index in [1.54, 1.807) is 16.9 Å². The lowest BCUT2D eigenvalue weighted by molar-refractivity contribution is -0.117. The molecule has 1 saturated heterocycles. The van der Waals surface area contributed by atoms with Gasteiger partial charge in [0.2, 0.25) is 15.0 Å². The highest BCUT2D eigenvalue weighted by Gasteiger charge is 2.39. The van der Waals surface area contributed by atoms with Crippen LogP contribution in [0.5, 0.6) is 0 Å². The fraction of sp³-hybridized carbons (Fsp3) is 0.286. The van der Waals surface area contributed by atoms with E-state index in [1.165, 1.54) is 4.90 Å². The van der Waals surface area contributed by atoms with Crippen molar-refractivity contribution in [3.63, 3.8) is 0 Å². The molecule has 0 N–H and O–H groups in total. The number of rotatable bonds is 4. The molecule has 1 fully saturated rings. The fourth-order valence-electron chi connectivity index (χ4n) is 2.52. The maximum atomic E-state index is 12.1. The average Bonchev–Trinajstić information content (AvgIpc) is 3.07. The van der Waals surface area contributed by atoms with Gasteiger partial charge in [-0.15, -0.1) is 0 Å². The normalized spacial score (nSPS) is 18.6. The van der Waals surface area contributed by atoms with Gasteiger partial charge in [0.05, 0.1) is 12.7 Å². The predicted molar refractivity (Wildman–Crippen MR) is 91.0 cm³/mol. The van der Waals surface area contributed by atoms with Gasteiger partial charge in [-0.25, -0.2) is 13.1 Å². The third-order valence-electron chi connectivity index (χ3n) is 3.70. The molecule has 9 heteroatoms. The van der Waals surface area contributed by atoms with Crippen LogP contribution in [0.25, 0.3) is 0 Å². The second-order valence-electron chi connectivity index (χ2n) is 5.28. The summed E-state index contributed by atoms with van der Waals surface area (Å²) in [5.74, 6) is 0.303. The van der Waals surface area contributed by atoms with Crippen molar-refractivity contribution in [2.24, 2.45) is 0 Å². The van der Waals surface area contributed by atoms with Crippen LogP contribution in [0.3, 0.4) is 0 Å². The summed E-state index contributed by atoms with van der Waals surface area (Å²) in [5.41, 5.74) is 1.02. The van der Waals surface area contributed by atoms with Crippen LogP contribution < -0.4 is 4.90 Å². The topological polar surface area (TPSA) is 72.3 Å². The van der Waals surface area contributed by atoms with Crippen LogP contribution in [0.4, 0.5) is 5.82 Å². The third-order valence-corrected chi connectivity index (χ3v) is 6.10. The minimum absolute atomic E-state index is 0.0523. The van der Waals surface area contributed by atoms with Crippen LogP contribution >= 0.6 is 26.6 Å². The first-order valence-corrected chi connectivity index (χ1v) is 10.0. The highest BCUT2D eigenvalue weighted by molar-refractivity contribution is 9.10. The molecule has 1 aromatic carbocycles. The van der Waals surface area contributed by atoms with E-state index in [9.17, 15) is 13.2 Å². The quantitative estimate of drug-likeness (QED) is 0.715. The van der Waals surface area contributed by atoms with E-state index in [1.807, 2.05) is 24.3 Å². The Balaban J connectivity index is 1.84. The molecule has 23 heavy (non-hydrogen) atoms. The first-order valence-electron chi connectivity index (χ1n) is 6.84. The maximum Gasteiger partial charge on any atom is 0.237 e. The van der Waals surface area contributed by atoms with Crippen molar-refractivity contribution in [1.29, 1.82) is 0 Å². The van der Waals surface area contributed by atoms with E-state index >= 15 is 0 Å². The molecule has 1 aromatic heterocycles. The molecular formula is C14H13BrClN3O3S. The first kappa shape index (κ1) is 16.5. The molecule has 6 nitrogen and oxygen atoms in total. The molecule has 1 atom stereocenters. The minimum Gasteiger partial charge on any atom is -0.296 e. The van der Waals surface area contributed by atoms with Gasteiger partial charge >= 0.3 is 0 Å². The molecule has 3 rings (SSSR count). The van der Waals surface area contributed by atoms with Crippen molar-refractivity contribution in [2.75, 3.05) is 11.4 Å². The third kappa shape index (κ3) is 3.59. The SMILES string of the molecule is O=C1CC(S(=O)(=O)Cl)CN1c1ccnn1Cc1ccc(Br)cc1. The molecule has 0 bridgehead atoms. The zero-order valence-corrected chi connectivity index (χ0v) is 15.1. The van der Waals surface area contributed by atoms with Crippen LogP contribution in [-0.2, 0) is 20.4 Å². The van der Waals surface area contributed by atoms with Crippen molar-refractivity contribution < 1.29 is 13.2 Å². The summed E-state index contributed by atoms with van der Waals surface area (Å²) < 4.78 is 25.6. The standard InChI is InChI=1S/C14H13BrClN3O3S/c15-11-3-1-10(2-4-11)8-19-13(5-6-17-19)18-9-12(7-14(18)20)23(16,21)22/h1-6,12H,7-9H2. The lowest BCUT2D eigenvalue weighted by atomic mass is 10.2. The Morgan fingerprint density at radius 1 is 1.26 bits per heavy atom. The number of carbonyl (C=O) groups is 1. The zero-order chi connectivity index (χ0) is 16.6. The molecule has 0 aliphatic carbocycles. The van der Waals surface area contributed by atoms with Crippen molar-refractivity contribution in [1.82, 2.24) is 9.78 Å². The van der Waals surface area contributed by atoms with Crippen molar-refractivity contribution in [3.05, 3.63) is 46.6 Å². The molecule has 0 radical (unpaired) electrons. The van der Waals surface area contributed by atoms with Gasteiger partial charge in [-0.2, -0.15) is 5.10 Å². The van der Waals surface area contributed by atoms with Gasteiger partial charge < -0.3 is 0 Å². The number of aromatic nitrogens is 2. The monoisotopic (exact) mass is 417 g/mol. The van der Waals surface area contributed by atoms with Gasteiger partial charge in [0, 0.05) is 34.2 Å². The number of benzene rings is 1. The molecule has 2 aromatic rings. The van der Waals surface area contributed by atoms with E-state index < -0.39 is 14.3 Å². The van der Waals surface area contributed by atoms with Crippen LogP contribution in [0.2, 0.25) is 0 Å². The first-order chi connectivity index (χ1) is 10.8. The van der Waals surface area contributed by atoms with Crippen LogP contribution in [0.1, 0.15) is 12.0 Å². The van der Waals surface area contributed by atoms with E-state index in [4.69, 9.17) is 10.7 Å². The average molecular weight is 419 g/mol. The van der Waals surface area contributed by atoms with Gasteiger partial charge in [0.25, 0.3) is 0 Å². The Bertz CT molecular complexity index is 835. The molecule has 1 aliphatic heterocycles. The summed E-state index contributed by atoms with van der Waals surface area (Å²) in [7, 11) is 1.62. The van der Waals surface area contributed by atoms with Crippen LogP contribution in [0.15, 0.2) is 41.0 Å². The van der Waals surface area contributed by atoms with Gasteiger partial charge in [0.1, 0.15) is 11.1 Å². The van der Waals surface area contributed by atoms with E-state index in [0.29, 0.717) is 12.4 Å². The summed E-state index contributed by atoms with van der Waals surface area (Å²) in [4.78, 5) is 13.6. The largest absolute Gasteiger partial charge is 0.296 e. The van der Waals surface area contributed by atoms with Crippen molar-refractivity contribution in [3.8, 4) is 0 Å². The van der Waals surface area contributed by atoms with E-state index in [2.05, 4.69) is 21.0 Å². The van der Waals surface area contributed by atoms with E-state index in [0.717, 1.165) is 10.0 Å². The number of anilines is 1. The Morgan fingerprint density at radius 3 is 2.57 bits per heavy atom. The Morgan fingerprint density at radius 2 is 1.96 bits per heavy atom. The highest BCUT2D eigenvalue weighted by atomic mass is 79.9. The number of amides is 1. The molecular weight excluding hydrogens is 406 g/mol. The number of carbonyl (C=O) groups excluding carboxylic acids is 1. The number of hydrogen-bond acceptors (Lipinski definition) is 4. The Hall–Kier alpha value is -1.38. The van der Waals surface area contributed by atoms with Crippen LogP contribution in [-0.4, -0.2) is 35.9 Å². The Labute approximate surface area is 146 Å². The van der Waals surface area contributed by atoms with Gasteiger partial charge in [-0.1, -0.05) is 28.1 Å². The smallest absolute Gasteiger partial charge is 0.237 e. The summed E-state index contributed by atoms with van der Waals surface area (Å²) in [6, 6.07) is 9.45. The number of nitrogens with zero attached hydrogens (tertiary/aromatic N) is 3. The summed E-state index contributed by atoms with van der Waals surface area (Å²) in [5, 5.41) is 3.35. The van der Waals surface area contributed by atoms with Gasteiger partial charge in [-0.05, 0) is 17.7 Å². The second kappa shape index (κ2) is 6.26. The van der Waals surface area contributed by atoms with Crippen molar-refractivity contribution >= 4 is 47.4 Å². The summed E-state index contributed by atoms with van der Waals surface area (Å²) in [6.45, 7) is 0.536. The maximum absolute atomic E-state index is 12.1. The zero-order valence-electron chi connectivity index (χ0n) is 11.9. The Kier molecular flexibility index (Phi) is 4.48. The molecule has 1 aliphatic rings. The summed E-state index contributed by atoms with van der Waals surface area (Å²) >= 11 is 3.38. The lowest BCUT2D eigenvalue weighted by Crippen LogP contribution is -2.29. The van der Waals surface area contributed by atoms with Gasteiger partial charge in [0.15, 0.2) is 0 Å². The van der Waals surface area contributed by atoms with Gasteiger partial charge in [-0.3, -0.25) is 9.69 Å². The minimum atomic E-state index is -3.76. The molecule has 122 valence electrons. The fourth-order valence-corrected chi connectivity index (χ4v) is 3.82. The van der Waals surface area contributed by atoms with Crippen molar-refractivity contribution in [2.45, 2.75) is 18.2 Å². The lowest BCUT2D eigenvalue weighted by Gasteiger charge is -2.17. The summed E-state index contributed by atoms with van der Waals surface area (Å²) in [6.07, 6.45) is 1.49. The molecule has 1 amide bonds. The highest BCUT2D eigenvalue weighted by Crippen LogP contribution is 2.27. The second-order valence-corrected chi connectivity index (χ2v) is 9.10. The molecule has 1 unspecified atom stereocenters. The predicted octanol–water partition coefficient (Wildman–Crippen LogP) is 2.37. The molecule has 0 saturated carbocycles. The van der Waals surface area contributed by atoms with Crippen LogP contribution in [0, 0.1) is 0 Å². The number of halogens is 2. The number of hydrogen-bond donors (Lipinski definition) is 0. The molecule has 0 spiro atoms. The molecule has 2 heterocycles. The van der Waals surface area contributed by atoms with E-state index in [-0.39, 0.29) is 18.9 Å².